The number of rotatable bonds is 3. The molecule has 0 aliphatic rings. The van der Waals surface area contributed by atoms with Gasteiger partial charge in [0.1, 0.15) is 5.82 Å². The van der Waals surface area contributed by atoms with Crippen molar-refractivity contribution in [3.63, 3.8) is 0 Å². The van der Waals surface area contributed by atoms with Crippen molar-refractivity contribution >= 4 is 11.7 Å². The van der Waals surface area contributed by atoms with Crippen LogP contribution < -0.4 is 5.32 Å². The molecule has 0 saturated heterocycles. The van der Waals surface area contributed by atoms with E-state index in [1.807, 2.05) is 0 Å². The first kappa shape index (κ1) is 18.5. The summed E-state index contributed by atoms with van der Waals surface area (Å²) in [6.07, 6.45) is -3.56. The van der Waals surface area contributed by atoms with Crippen LogP contribution in [0.15, 0.2) is 42.6 Å². The van der Waals surface area contributed by atoms with Gasteiger partial charge in [-0.05, 0) is 24.3 Å². The van der Waals surface area contributed by atoms with E-state index in [1.54, 1.807) is 0 Å². The SMILES string of the molecule is Cn1nc(C(F)(F)F)cc1-c1cnc(NC(=O)c2ccccc2F)c(F)c1. The number of hydrogen-bond acceptors (Lipinski definition) is 3. The number of nitrogens with one attached hydrogen (secondary N) is 1. The molecule has 0 unspecified atom stereocenters. The third kappa shape index (κ3) is 3.78. The van der Waals surface area contributed by atoms with E-state index in [2.05, 4.69) is 15.4 Å². The van der Waals surface area contributed by atoms with Crippen molar-refractivity contribution in [2.75, 3.05) is 5.32 Å². The molecule has 2 aromatic heterocycles. The van der Waals surface area contributed by atoms with E-state index in [0.29, 0.717) is 0 Å². The Morgan fingerprint density at radius 3 is 2.41 bits per heavy atom. The zero-order valence-corrected chi connectivity index (χ0v) is 13.7. The van der Waals surface area contributed by atoms with Crippen molar-refractivity contribution in [1.29, 1.82) is 0 Å². The molecule has 0 aliphatic heterocycles. The maximum Gasteiger partial charge on any atom is 0.435 e. The van der Waals surface area contributed by atoms with Gasteiger partial charge in [0, 0.05) is 18.8 Å². The number of halogens is 5. The van der Waals surface area contributed by atoms with Gasteiger partial charge in [0.05, 0.1) is 11.3 Å². The molecule has 0 bridgehead atoms. The maximum absolute atomic E-state index is 14.3. The minimum atomic E-state index is -4.64. The van der Waals surface area contributed by atoms with E-state index in [0.717, 1.165) is 29.1 Å². The summed E-state index contributed by atoms with van der Waals surface area (Å²) in [6.45, 7) is 0. The second-order valence-corrected chi connectivity index (χ2v) is 5.52. The van der Waals surface area contributed by atoms with Gasteiger partial charge in [-0.2, -0.15) is 18.3 Å². The highest BCUT2D eigenvalue weighted by atomic mass is 19.4. The van der Waals surface area contributed by atoms with Crippen molar-refractivity contribution in [2.45, 2.75) is 6.18 Å². The van der Waals surface area contributed by atoms with Gasteiger partial charge in [-0.25, -0.2) is 13.8 Å². The lowest BCUT2D eigenvalue weighted by atomic mass is 10.2. The van der Waals surface area contributed by atoms with Crippen LogP contribution >= 0.6 is 0 Å². The summed E-state index contributed by atoms with van der Waals surface area (Å²) in [5.41, 5.74) is -1.41. The Kier molecular flexibility index (Phi) is 4.64. The lowest BCUT2D eigenvalue weighted by Gasteiger charge is -2.08. The molecule has 5 nitrogen and oxygen atoms in total. The fraction of sp³-hybridized carbons (Fsp3) is 0.118. The number of aromatic nitrogens is 3. The molecule has 27 heavy (non-hydrogen) atoms. The predicted molar refractivity (Wildman–Crippen MR) is 85.8 cm³/mol. The third-order valence-corrected chi connectivity index (χ3v) is 3.66. The summed E-state index contributed by atoms with van der Waals surface area (Å²) in [6, 6.07) is 6.78. The maximum atomic E-state index is 14.3. The number of aryl methyl sites for hydroxylation is 1. The molecule has 0 aliphatic carbocycles. The van der Waals surface area contributed by atoms with Crippen molar-refractivity contribution < 1.29 is 26.7 Å². The minimum Gasteiger partial charge on any atom is -0.304 e. The second-order valence-electron chi connectivity index (χ2n) is 5.52. The molecule has 0 radical (unpaired) electrons. The van der Waals surface area contributed by atoms with Crippen LogP contribution in [0.1, 0.15) is 16.1 Å². The first-order valence-corrected chi connectivity index (χ1v) is 7.50. The standard InChI is InChI=1S/C17H11F5N4O/c1-26-13(7-14(25-26)17(20,21)22)9-6-12(19)15(23-8-9)24-16(27)10-4-2-3-5-11(10)18/h2-8H,1H3,(H,23,24,27). The normalized spacial score (nSPS) is 11.5. The molecule has 2 heterocycles. The number of carbonyl (C=O) groups is 1. The molecular formula is C17H11F5N4O. The largest absolute Gasteiger partial charge is 0.435 e. The molecule has 0 fully saturated rings. The topological polar surface area (TPSA) is 59.8 Å². The van der Waals surface area contributed by atoms with Gasteiger partial charge in [0.15, 0.2) is 17.3 Å². The Morgan fingerprint density at radius 1 is 1.11 bits per heavy atom. The van der Waals surface area contributed by atoms with Gasteiger partial charge in [-0.3, -0.25) is 9.48 Å². The van der Waals surface area contributed by atoms with E-state index < -0.39 is 35.2 Å². The number of nitrogens with zero attached hydrogens (tertiary/aromatic N) is 3. The Hall–Kier alpha value is -3.30. The molecule has 3 aromatic rings. The summed E-state index contributed by atoms with van der Waals surface area (Å²) in [5, 5.41) is 5.46. The van der Waals surface area contributed by atoms with Gasteiger partial charge >= 0.3 is 6.18 Å². The van der Waals surface area contributed by atoms with E-state index in [4.69, 9.17) is 0 Å². The van der Waals surface area contributed by atoms with Crippen molar-refractivity contribution in [2.24, 2.45) is 7.05 Å². The Morgan fingerprint density at radius 2 is 1.81 bits per heavy atom. The molecule has 1 N–H and O–H groups in total. The third-order valence-electron chi connectivity index (χ3n) is 3.66. The molecule has 0 saturated carbocycles. The van der Waals surface area contributed by atoms with Crippen LogP contribution in [0.4, 0.5) is 27.8 Å². The van der Waals surface area contributed by atoms with Crippen molar-refractivity contribution in [3.05, 3.63) is 65.5 Å². The molecule has 10 heteroatoms. The summed E-state index contributed by atoms with van der Waals surface area (Å²) >= 11 is 0. The zero-order valence-electron chi connectivity index (χ0n) is 13.7. The van der Waals surface area contributed by atoms with Crippen molar-refractivity contribution in [1.82, 2.24) is 14.8 Å². The summed E-state index contributed by atoms with van der Waals surface area (Å²) in [7, 11) is 1.27. The first-order valence-electron chi connectivity index (χ1n) is 7.50. The number of benzene rings is 1. The van der Waals surface area contributed by atoms with Crippen LogP contribution in [-0.2, 0) is 13.2 Å². The predicted octanol–water partition coefficient (Wildman–Crippen LogP) is 4.03. The number of hydrogen-bond donors (Lipinski definition) is 1. The lowest BCUT2D eigenvalue weighted by molar-refractivity contribution is -0.141. The van der Waals surface area contributed by atoms with E-state index in [-0.39, 0.29) is 16.8 Å². The van der Waals surface area contributed by atoms with Gasteiger partial charge in [-0.15, -0.1) is 0 Å². The van der Waals surface area contributed by atoms with Crippen molar-refractivity contribution in [3.8, 4) is 11.3 Å². The molecule has 0 spiro atoms. The minimum absolute atomic E-state index is 0.0132. The van der Waals surface area contributed by atoms with E-state index >= 15 is 0 Å². The van der Waals surface area contributed by atoms with Crippen LogP contribution in [0.3, 0.4) is 0 Å². The molecule has 1 aromatic carbocycles. The van der Waals surface area contributed by atoms with Crippen LogP contribution in [0, 0.1) is 11.6 Å². The smallest absolute Gasteiger partial charge is 0.304 e. The monoisotopic (exact) mass is 382 g/mol. The highest BCUT2D eigenvalue weighted by Gasteiger charge is 2.34. The Balaban J connectivity index is 1.88. The summed E-state index contributed by atoms with van der Waals surface area (Å²) in [4.78, 5) is 15.7. The fourth-order valence-corrected chi connectivity index (χ4v) is 2.37. The van der Waals surface area contributed by atoms with Gasteiger partial charge in [0.25, 0.3) is 5.91 Å². The van der Waals surface area contributed by atoms with Gasteiger partial charge in [0.2, 0.25) is 0 Å². The zero-order chi connectivity index (χ0) is 19.8. The number of carbonyl (C=O) groups excluding carboxylic acids is 1. The summed E-state index contributed by atoms with van der Waals surface area (Å²) < 4.78 is 67.0. The van der Waals surface area contributed by atoms with E-state index in [1.165, 1.54) is 25.2 Å². The van der Waals surface area contributed by atoms with Gasteiger partial charge < -0.3 is 5.32 Å². The number of pyridine rings is 1. The van der Waals surface area contributed by atoms with Gasteiger partial charge in [-0.1, -0.05) is 12.1 Å². The van der Waals surface area contributed by atoms with E-state index in [9.17, 15) is 26.7 Å². The quantitative estimate of drug-likeness (QED) is 0.696. The number of amides is 1. The highest BCUT2D eigenvalue weighted by Crippen LogP contribution is 2.31. The van der Waals surface area contributed by atoms with Crippen LogP contribution in [0.5, 0.6) is 0 Å². The highest BCUT2D eigenvalue weighted by molar-refractivity contribution is 6.04. The Labute approximate surface area is 149 Å². The Bertz CT molecular complexity index is 1010. The average Bonchev–Trinajstić information content (AvgIpc) is 2.99. The molecule has 140 valence electrons. The van der Waals surface area contributed by atoms with Crippen LogP contribution in [0.2, 0.25) is 0 Å². The average molecular weight is 382 g/mol. The van der Waals surface area contributed by atoms with Crippen LogP contribution in [-0.4, -0.2) is 20.7 Å². The molecule has 3 rings (SSSR count). The van der Waals surface area contributed by atoms with Crippen LogP contribution in [0.25, 0.3) is 11.3 Å². The molecular weight excluding hydrogens is 371 g/mol. The molecule has 1 amide bonds. The summed E-state index contributed by atoms with van der Waals surface area (Å²) in [5.74, 6) is -3.18. The number of alkyl halides is 3. The molecule has 0 atom stereocenters. The fourth-order valence-electron chi connectivity index (χ4n) is 2.37. The number of anilines is 1. The lowest BCUT2D eigenvalue weighted by Crippen LogP contribution is -2.15. The second kappa shape index (κ2) is 6.78. The first-order chi connectivity index (χ1) is 12.7.